The second kappa shape index (κ2) is 5.53. The summed E-state index contributed by atoms with van der Waals surface area (Å²) in [7, 11) is 0. The van der Waals surface area contributed by atoms with E-state index in [0.717, 1.165) is 0 Å². The maximum Gasteiger partial charge on any atom is 0.343 e. The summed E-state index contributed by atoms with van der Waals surface area (Å²) in [5, 5.41) is 20.6. The number of aromatic amines is 1. The van der Waals surface area contributed by atoms with Crippen molar-refractivity contribution in [2.24, 2.45) is 0 Å². The fourth-order valence-electron chi connectivity index (χ4n) is 1.58. The average Bonchev–Trinajstić information content (AvgIpc) is 2.88. The quantitative estimate of drug-likeness (QED) is 0.493. The van der Waals surface area contributed by atoms with E-state index in [-0.39, 0.29) is 11.3 Å². The number of carbonyl (C=O) groups is 1. The third-order valence-electron chi connectivity index (χ3n) is 2.38. The van der Waals surface area contributed by atoms with Gasteiger partial charge in [0.2, 0.25) is 0 Å². The van der Waals surface area contributed by atoms with E-state index in [0.29, 0.717) is 10.7 Å². The standard InChI is InChI=1S/C11H9N3O4S/c15-10(16)9-7(2-1-3-8(9)14(17)18)6-19-11-12-4-5-13-11/h1-5H,6H2,(H,12,13)(H,15,16). The number of nitrogens with one attached hydrogen (secondary N) is 1. The monoisotopic (exact) mass is 279 g/mol. The summed E-state index contributed by atoms with van der Waals surface area (Å²) in [6.45, 7) is 0. The van der Waals surface area contributed by atoms with Gasteiger partial charge in [0.15, 0.2) is 5.16 Å². The highest BCUT2D eigenvalue weighted by molar-refractivity contribution is 7.98. The van der Waals surface area contributed by atoms with Gasteiger partial charge < -0.3 is 10.1 Å². The molecule has 1 heterocycles. The Morgan fingerprint density at radius 1 is 1.53 bits per heavy atom. The summed E-state index contributed by atoms with van der Waals surface area (Å²) >= 11 is 1.28. The molecule has 2 N–H and O–H groups in total. The third-order valence-corrected chi connectivity index (χ3v) is 3.33. The largest absolute Gasteiger partial charge is 0.477 e. The number of aromatic nitrogens is 2. The number of carboxylic acids is 1. The van der Waals surface area contributed by atoms with Crippen LogP contribution in [0.3, 0.4) is 0 Å². The first kappa shape index (κ1) is 13.1. The number of aromatic carboxylic acids is 1. The summed E-state index contributed by atoms with van der Waals surface area (Å²) in [5.41, 5.74) is -0.278. The lowest BCUT2D eigenvalue weighted by atomic mass is 10.1. The number of benzene rings is 1. The highest BCUT2D eigenvalue weighted by atomic mass is 32.2. The number of carboxylic acid groups (broad SMARTS) is 1. The number of hydrogen-bond donors (Lipinski definition) is 2. The average molecular weight is 279 g/mol. The van der Waals surface area contributed by atoms with Crippen LogP contribution in [-0.4, -0.2) is 26.0 Å². The molecule has 0 saturated carbocycles. The molecular formula is C11H9N3O4S. The molecule has 7 nitrogen and oxygen atoms in total. The van der Waals surface area contributed by atoms with E-state index < -0.39 is 16.6 Å². The third kappa shape index (κ3) is 2.91. The van der Waals surface area contributed by atoms with Crippen LogP contribution in [0.25, 0.3) is 0 Å². The van der Waals surface area contributed by atoms with E-state index in [4.69, 9.17) is 5.11 Å². The van der Waals surface area contributed by atoms with Crippen LogP contribution in [-0.2, 0) is 5.75 Å². The van der Waals surface area contributed by atoms with Gasteiger partial charge in [-0.3, -0.25) is 10.1 Å². The fraction of sp³-hybridized carbons (Fsp3) is 0.0909. The molecular weight excluding hydrogens is 270 g/mol. The fourth-order valence-corrected chi connectivity index (χ4v) is 2.40. The number of rotatable bonds is 5. The summed E-state index contributed by atoms with van der Waals surface area (Å²) in [4.78, 5) is 28.2. The Balaban J connectivity index is 2.31. The van der Waals surface area contributed by atoms with Crippen molar-refractivity contribution in [2.45, 2.75) is 10.9 Å². The van der Waals surface area contributed by atoms with Crippen molar-refractivity contribution < 1.29 is 14.8 Å². The Bertz CT molecular complexity index is 612. The molecule has 0 saturated heterocycles. The van der Waals surface area contributed by atoms with Crippen LogP contribution in [0.1, 0.15) is 15.9 Å². The number of thioether (sulfide) groups is 1. The predicted octanol–water partition coefficient (Wildman–Crippen LogP) is 2.31. The van der Waals surface area contributed by atoms with Gasteiger partial charge in [-0.1, -0.05) is 23.9 Å². The molecule has 0 spiro atoms. The molecule has 0 bridgehead atoms. The molecule has 0 atom stereocenters. The van der Waals surface area contributed by atoms with Crippen molar-refractivity contribution in [3.05, 3.63) is 51.8 Å². The van der Waals surface area contributed by atoms with Gasteiger partial charge in [0, 0.05) is 24.2 Å². The summed E-state index contributed by atoms with van der Waals surface area (Å²) in [6, 6.07) is 4.22. The predicted molar refractivity (Wildman–Crippen MR) is 68.2 cm³/mol. The van der Waals surface area contributed by atoms with Gasteiger partial charge in [0.25, 0.3) is 5.69 Å². The normalized spacial score (nSPS) is 10.3. The first-order valence-corrected chi connectivity index (χ1v) is 6.20. The molecule has 1 aromatic carbocycles. The maximum atomic E-state index is 11.2. The van der Waals surface area contributed by atoms with Crippen LogP contribution in [0.5, 0.6) is 0 Å². The van der Waals surface area contributed by atoms with Gasteiger partial charge in [0.05, 0.1) is 4.92 Å². The van der Waals surface area contributed by atoms with E-state index in [2.05, 4.69) is 9.97 Å². The van der Waals surface area contributed by atoms with Crippen molar-refractivity contribution in [3.63, 3.8) is 0 Å². The van der Waals surface area contributed by atoms with E-state index in [9.17, 15) is 14.9 Å². The lowest BCUT2D eigenvalue weighted by molar-refractivity contribution is -0.385. The molecule has 2 aromatic rings. The van der Waals surface area contributed by atoms with Crippen LogP contribution in [0.2, 0.25) is 0 Å². The van der Waals surface area contributed by atoms with Crippen LogP contribution in [0.15, 0.2) is 35.7 Å². The molecule has 98 valence electrons. The minimum atomic E-state index is -1.30. The maximum absolute atomic E-state index is 11.2. The van der Waals surface area contributed by atoms with Gasteiger partial charge >= 0.3 is 5.97 Å². The van der Waals surface area contributed by atoms with Gasteiger partial charge in [-0.05, 0) is 5.56 Å². The zero-order valence-electron chi connectivity index (χ0n) is 9.57. The molecule has 0 aliphatic heterocycles. The number of nitro groups is 1. The topological polar surface area (TPSA) is 109 Å². The van der Waals surface area contributed by atoms with Crippen molar-refractivity contribution in [2.75, 3.05) is 0 Å². The van der Waals surface area contributed by atoms with Gasteiger partial charge in [-0.2, -0.15) is 0 Å². The minimum Gasteiger partial charge on any atom is -0.477 e. The van der Waals surface area contributed by atoms with Gasteiger partial charge in [0.1, 0.15) is 5.56 Å². The zero-order chi connectivity index (χ0) is 13.8. The Labute approximate surface area is 111 Å². The Hall–Kier alpha value is -2.35. The number of H-pyrrole nitrogens is 1. The molecule has 8 heteroatoms. The number of nitrogens with zero attached hydrogens (tertiary/aromatic N) is 2. The second-order valence-corrected chi connectivity index (χ2v) is 4.52. The van der Waals surface area contributed by atoms with Crippen molar-refractivity contribution >= 4 is 23.4 Å². The highest BCUT2D eigenvalue weighted by Gasteiger charge is 2.23. The lowest BCUT2D eigenvalue weighted by Gasteiger charge is -2.05. The molecule has 2 rings (SSSR count). The van der Waals surface area contributed by atoms with E-state index >= 15 is 0 Å². The number of hydrogen-bond acceptors (Lipinski definition) is 5. The van der Waals surface area contributed by atoms with Crippen LogP contribution in [0.4, 0.5) is 5.69 Å². The number of imidazole rings is 1. The van der Waals surface area contributed by atoms with Gasteiger partial charge in [-0.15, -0.1) is 0 Å². The van der Waals surface area contributed by atoms with E-state index in [1.165, 1.54) is 23.9 Å². The van der Waals surface area contributed by atoms with Crippen molar-refractivity contribution in [3.8, 4) is 0 Å². The summed E-state index contributed by atoms with van der Waals surface area (Å²) < 4.78 is 0. The van der Waals surface area contributed by atoms with E-state index in [1.54, 1.807) is 18.5 Å². The van der Waals surface area contributed by atoms with Crippen molar-refractivity contribution in [1.82, 2.24) is 9.97 Å². The second-order valence-electron chi connectivity index (χ2n) is 3.56. The minimum absolute atomic E-state index is 0.272. The molecule has 0 fully saturated rings. The van der Waals surface area contributed by atoms with Crippen LogP contribution in [0, 0.1) is 10.1 Å². The van der Waals surface area contributed by atoms with Gasteiger partial charge in [-0.25, -0.2) is 9.78 Å². The molecule has 1 aromatic heterocycles. The Kier molecular flexibility index (Phi) is 3.81. The molecule has 19 heavy (non-hydrogen) atoms. The highest BCUT2D eigenvalue weighted by Crippen LogP contribution is 2.27. The SMILES string of the molecule is O=C(O)c1c(CSc2ncc[nH]2)cccc1[N+](=O)[O-]. The lowest BCUT2D eigenvalue weighted by Crippen LogP contribution is -2.06. The summed E-state index contributed by atoms with van der Waals surface area (Å²) in [6.07, 6.45) is 3.22. The molecule has 0 radical (unpaired) electrons. The zero-order valence-corrected chi connectivity index (χ0v) is 10.4. The Morgan fingerprint density at radius 3 is 2.89 bits per heavy atom. The van der Waals surface area contributed by atoms with Crippen molar-refractivity contribution in [1.29, 1.82) is 0 Å². The van der Waals surface area contributed by atoms with Crippen LogP contribution < -0.4 is 0 Å². The molecule has 0 aliphatic rings. The van der Waals surface area contributed by atoms with Crippen LogP contribution >= 0.6 is 11.8 Å². The van der Waals surface area contributed by atoms with E-state index in [1.807, 2.05) is 0 Å². The smallest absolute Gasteiger partial charge is 0.343 e. The molecule has 0 aliphatic carbocycles. The number of nitro benzene ring substituents is 1. The summed E-state index contributed by atoms with van der Waals surface area (Å²) in [5.74, 6) is -1.01. The molecule has 0 unspecified atom stereocenters. The first-order valence-electron chi connectivity index (χ1n) is 5.21. The molecule has 0 amide bonds. The Morgan fingerprint density at radius 2 is 2.32 bits per heavy atom. The first-order chi connectivity index (χ1) is 9.09.